The zero-order valence-electron chi connectivity index (χ0n) is 13.9. The van der Waals surface area contributed by atoms with Gasteiger partial charge >= 0.3 is 0 Å². The summed E-state index contributed by atoms with van der Waals surface area (Å²) in [4.78, 5) is 32.1. The second-order valence-corrected chi connectivity index (χ2v) is 7.52. The first-order chi connectivity index (χ1) is 12.1. The minimum Gasteiger partial charge on any atom is -0.290 e. The van der Waals surface area contributed by atoms with E-state index in [4.69, 9.17) is 0 Å². The molecule has 1 aromatic carbocycles. The first kappa shape index (κ1) is 16.0. The summed E-state index contributed by atoms with van der Waals surface area (Å²) in [5.41, 5.74) is 2.95. The van der Waals surface area contributed by atoms with Gasteiger partial charge in [0.05, 0.1) is 11.4 Å². The van der Waals surface area contributed by atoms with E-state index in [0.29, 0.717) is 12.0 Å². The van der Waals surface area contributed by atoms with Crippen LogP contribution in [-0.2, 0) is 9.59 Å². The maximum absolute atomic E-state index is 12.9. The van der Waals surface area contributed by atoms with Gasteiger partial charge in [-0.2, -0.15) is 0 Å². The number of Topliss-reactive ketones (excluding diaryl/α,β-unsaturated/α-hetero) is 2. The predicted molar refractivity (Wildman–Crippen MR) is 101 cm³/mol. The molecule has 3 nitrogen and oxygen atoms in total. The minimum atomic E-state index is -0.395. The van der Waals surface area contributed by atoms with Gasteiger partial charge in [0.1, 0.15) is 0 Å². The second kappa shape index (κ2) is 6.12. The Bertz CT molecular complexity index is 933. The molecule has 0 saturated carbocycles. The van der Waals surface area contributed by atoms with E-state index in [1.807, 2.05) is 49.4 Å². The number of hydrogen-bond acceptors (Lipinski definition) is 4. The fourth-order valence-electron chi connectivity index (χ4n) is 3.32. The molecule has 0 saturated heterocycles. The Hall–Kier alpha value is -2.46. The number of nitrogens with zero attached hydrogens (tertiary/aromatic N) is 1. The van der Waals surface area contributed by atoms with Gasteiger partial charge in [0.2, 0.25) is 11.6 Å². The Morgan fingerprint density at radius 3 is 2.80 bits per heavy atom. The average Bonchev–Trinajstić information content (AvgIpc) is 2.58. The number of hydrogen-bond donors (Lipinski definition) is 0. The molecule has 0 amide bonds. The van der Waals surface area contributed by atoms with E-state index in [1.165, 1.54) is 11.8 Å². The molecule has 4 heteroatoms. The Labute approximate surface area is 150 Å². The van der Waals surface area contributed by atoms with E-state index in [-0.39, 0.29) is 11.7 Å². The van der Waals surface area contributed by atoms with E-state index in [0.717, 1.165) is 26.8 Å². The molecule has 124 valence electrons. The second-order valence-electron chi connectivity index (χ2n) is 6.44. The molecular weight excluding hydrogens is 330 g/mol. The van der Waals surface area contributed by atoms with Crippen molar-refractivity contribution >= 4 is 34.7 Å². The van der Waals surface area contributed by atoms with Gasteiger partial charge in [-0.3, -0.25) is 9.59 Å². The SMILES string of the molecule is C=CCC(C)C1C=C2Sc3ccccc3N=C3C=C/C3=C/2C(=O)C1=O. The van der Waals surface area contributed by atoms with Crippen LogP contribution >= 0.6 is 11.8 Å². The average molecular weight is 347 g/mol. The lowest BCUT2D eigenvalue weighted by molar-refractivity contribution is -0.137. The number of carbonyl (C=O) groups is 2. The lowest BCUT2D eigenvalue weighted by Crippen LogP contribution is -2.34. The van der Waals surface area contributed by atoms with Gasteiger partial charge in [-0.1, -0.05) is 43.0 Å². The van der Waals surface area contributed by atoms with E-state index < -0.39 is 11.7 Å². The van der Waals surface area contributed by atoms with Crippen LogP contribution in [-0.4, -0.2) is 17.3 Å². The van der Waals surface area contributed by atoms with Gasteiger partial charge < -0.3 is 0 Å². The smallest absolute Gasteiger partial charge is 0.231 e. The highest BCUT2D eigenvalue weighted by Crippen LogP contribution is 2.46. The first-order valence-electron chi connectivity index (χ1n) is 8.30. The van der Waals surface area contributed by atoms with Crippen LogP contribution in [0.2, 0.25) is 0 Å². The van der Waals surface area contributed by atoms with Crippen LogP contribution in [0, 0.1) is 11.8 Å². The summed E-state index contributed by atoms with van der Waals surface area (Å²) in [7, 11) is 0. The lowest BCUT2D eigenvalue weighted by Gasteiger charge is -2.29. The number of aliphatic imine (C=N–C) groups is 1. The number of thioether (sulfide) groups is 1. The van der Waals surface area contributed by atoms with Crippen molar-refractivity contribution in [1.82, 2.24) is 0 Å². The van der Waals surface area contributed by atoms with Gasteiger partial charge in [0.15, 0.2) is 0 Å². The number of benzene rings is 1. The summed E-state index contributed by atoms with van der Waals surface area (Å²) in [6.45, 7) is 5.74. The lowest BCUT2D eigenvalue weighted by atomic mass is 9.78. The number of ketones is 2. The Morgan fingerprint density at radius 1 is 1.28 bits per heavy atom. The number of para-hydroxylation sites is 1. The van der Waals surface area contributed by atoms with Crippen molar-refractivity contribution < 1.29 is 9.59 Å². The van der Waals surface area contributed by atoms with E-state index >= 15 is 0 Å². The minimum absolute atomic E-state index is 0.0550. The van der Waals surface area contributed by atoms with E-state index in [1.54, 1.807) is 6.08 Å². The fraction of sp³-hybridized carbons (Fsp3) is 0.190. The van der Waals surface area contributed by atoms with Gasteiger partial charge in [0.25, 0.3) is 0 Å². The largest absolute Gasteiger partial charge is 0.290 e. The fourth-order valence-corrected chi connectivity index (χ4v) is 4.44. The highest BCUT2D eigenvalue weighted by Gasteiger charge is 2.39. The summed E-state index contributed by atoms with van der Waals surface area (Å²) in [5.74, 6) is -1.06. The normalized spacial score (nSPS) is 25.4. The van der Waals surface area contributed by atoms with Crippen molar-refractivity contribution in [3.8, 4) is 0 Å². The van der Waals surface area contributed by atoms with Crippen LogP contribution in [0.3, 0.4) is 0 Å². The van der Waals surface area contributed by atoms with Gasteiger partial charge in [-0.15, -0.1) is 6.58 Å². The van der Waals surface area contributed by atoms with Crippen molar-refractivity contribution in [3.05, 3.63) is 71.2 Å². The maximum atomic E-state index is 12.9. The first-order valence-corrected chi connectivity index (χ1v) is 9.11. The molecule has 0 fully saturated rings. The summed E-state index contributed by atoms with van der Waals surface area (Å²) in [6, 6.07) is 7.89. The molecule has 3 aliphatic rings. The van der Waals surface area contributed by atoms with Crippen molar-refractivity contribution in [2.75, 3.05) is 0 Å². The van der Waals surface area contributed by atoms with Crippen molar-refractivity contribution in [2.24, 2.45) is 16.8 Å². The monoisotopic (exact) mass is 347 g/mol. The molecule has 0 spiro atoms. The van der Waals surface area contributed by atoms with Crippen LogP contribution in [0.4, 0.5) is 5.69 Å². The quantitative estimate of drug-likeness (QED) is 0.593. The summed E-state index contributed by atoms with van der Waals surface area (Å²) in [6.07, 6.45) is 8.23. The third-order valence-electron chi connectivity index (χ3n) is 4.76. The van der Waals surface area contributed by atoms with Crippen LogP contribution in [0.1, 0.15) is 13.3 Å². The van der Waals surface area contributed by atoms with Crippen molar-refractivity contribution in [2.45, 2.75) is 18.2 Å². The van der Waals surface area contributed by atoms with Crippen molar-refractivity contribution in [3.63, 3.8) is 0 Å². The maximum Gasteiger partial charge on any atom is 0.231 e. The molecule has 2 atom stereocenters. The molecule has 2 aliphatic carbocycles. The van der Waals surface area contributed by atoms with Gasteiger partial charge in [-0.25, -0.2) is 4.99 Å². The Morgan fingerprint density at radius 2 is 2.08 bits per heavy atom. The zero-order valence-corrected chi connectivity index (χ0v) is 14.7. The molecule has 2 unspecified atom stereocenters. The van der Waals surface area contributed by atoms with Gasteiger partial charge in [-0.05, 0) is 36.6 Å². The van der Waals surface area contributed by atoms with Gasteiger partial charge in [0, 0.05) is 26.9 Å². The molecule has 1 heterocycles. The summed E-state index contributed by atoms with van der Waals surface area (Å²) in [5, 5.41) is 0. The van der Waals surface area contributed by atoms with Crippen LogP contribution in [0.15, 0.2) is 81.1 Å². The van der Waals surface area contributed by atoms with Crippen molar-refractivity contribution in [1.29, 1.82) is 0 Å². The Kier molecular flexibility index (Phi) is 3.92. The molecule has 25 heavy (non-hydrogen) atoms. The molecule has 0 N–H and O–H groups in total. The number of rotatable bonds is 3. The molecule has 1 aliphatic heterocycles. The van der Waals surface area contributed by atoms with Crippen LogP contribution in [0.5, 0.6) is 0 Å². The Balaban J connectivity index is 1.90. The zero-order chi connectivity index (χ0) is 17.6. The van der Waals surface area contributed by atoms with E-state index in [9.17, 15) is 9.59 Å². The molecule has 0 radical (unpaired) electrons. The summed E-state index contributed by atoms with van der Waals surface area (Å²) < 4.78 is 0. The molecule has 0 aromatic heterocycles. The molecule has 1 aromatic rings. The number of fused-ring (bicyclic) bond motifs is 3. The molecular formula is C21H17NO2S. The molecule has 0 bridgehead atoms. The number of carbonyl (C=O) groups excluding carboxylic acids is 2. The van der Waals surface area contributed by atoms with Crippen LogP contribution < -0.4 is 0 Å². The third-order valence-corrected chi connectivity index (χ3v) is 5.89. The summed E-state index contributed by atoms with van der Waals surface area (Å²) >= 11 is 1.52. The third kappa shape index (κ3) is 2.57. The van der Waals surface area contributed by atoms with E-state index in [2.05, 4.69) is 11.6 Å². The van der Waals surface area contributed by atoms with Crippen LogP contribution in [0.25, 0.3) is 0 Å². The number of allylic oxidation sites excluding steroid dienone is 6. The highest BCUT2D eigenvalue weighted by molar-refractivity contribution is 8.03. The topological polar surface area (TPSA) is 46.5 Å². The highest BCUT2D eigenvalue weighted by atomic mass is 32.2. The predicted octanol–water partition coefficient (Wildman–Crippen LogP) is 4.60. The molecule has 4 rings (SSSR count). The standard InChI is InChI=1S/C21H17NO2S/c1-3-6-12(2)14-11-18-19(21(24)20(14)23)13-9-10-15(13)22-16-7-4-5-8-17(16)25-18/h3-5,7-12,14H,1,6H2,2H3/b19-13+,22-15?.